The van der Waals surface area contributed by atoms with E-state index in [9.17, 15) is 23.2 Å². The summed E-state index contributed by atoms with van der Waals surface area (Å²) in [5, 5.41) is 10.5. The van der Waals surface area contributed by atoms with Crippen molar-refractivity contribution in [2.45, 2.75) is 45.2 Å². The molecule has 2 atom stereocenters. The third-order valence-electron chi connectivity index (χ3n) is 9.71. The molecule has 1 spiro atoms. The maximum absolute atomic E-state index is 13.9. The molecule has 3 aliphatic carbocycles. The molecule has 0 N–H and O–H groups in total. The number of pyridine rings is 1. The standard InChI is InChI=1S/C30H31F3N4O2/c1-5-24(38)37-15-29(16-37)6-7-36(14-29)27-22(13-34)25(17-8-19(30(31,32)33)10-20(9-17)39-4)21-11-18-12-23(26(21)35-27)28(18,2)3/h5,8-10,18,23H,1,6-7,11-12,14-16H2,2-4H3/t18-,23-/m0/s1. The molecule has 1 saturated carbocycles. The Labute approximate surface area is 226 Å². The summed E-state index contributed by atoms with van der Waals surface area (Å²) in [4.78, 5) is 21.0. The van der Waals surface area contributed by atoms with Crippen molar-refractivity contribution in [2.24, 2.45) is 16.7 Å². The molecule has 39 heavy (non-hydrogen) atoms. The number of likely N-dealkylation sites (tertiary alicyclic amines) is 1. The van der Waals surface area contributed by atoms with Crippen LogP contribution in [-0.2, 0) is 17.4 Å². The molecule has 7 rings (SSSR count). The van der Waals surface area contributed by atoms with Crippen molar-refractivity contribution in [3.8, 4) is 22.9 Å². The highest BCUT2D eigenvalue weighted by Gasteiger charge is 2.55. The van der Waals surface area contributed by atoms with Gasteiger partial charge in [-0.15, -0.1) is 0 Å². The van der Waals surface area contributed by atoms with Gasteiger partial charge in [-0.25, -0.2) is 4.98 Å². The molecule has 1 aromatic carbocycles. The molecule has 1 amide bonds. The van der Waals surface area contributed by atoms with Crippen LogP contribution in [0.5, 0.6) is 5.75 Å². The van der Waals surface area contributed by atoms with E-state index in [4.69, 9.17) is 9.72 Å². The van der Waals surface area contributed by atoms with E-state index in [0.717, 1.165) is 36.2 Å². The highest BCUT2D eigenvalue weighted by Crippen LogP contribution is 2.63. The summed E-state index contributed by atoms with van der Waals surface area (Å²) in [6.45, 7) is 10.6. The normalized spacial score (nSPS) is 23.9. The Bertz CT molecular complexity index is 1440. The highest BCUT2D eigenvalue weighted by molar-refractivity contribution is 5.88. The molecule has 2 bridgehead atoms. The number of nitriles is 1. The second-order valence-corrected chi connectivity index (χ2v) is 12.2. The van der Waals surface area contributed by atoms with Gasteiger partial charge < -0.3 is 14.5 Å². The quantitative estimate of drug-likeness (QED) is 0.479. The zero-order valence-electron chi connectivity index (χ0n) is 22.4. The number of rotatable bonds is 4. The first-order valence-electron chi connectivity index (χ1n) is 13.3. The number of alkyl halides is 3. The Kier molecular flexibility index (Phi) is 5.59. The number of carbonyl (C=O) groups excluding carboxylic acids is 1. The molecule has 3 fully saturated rings. The van der Waals surface area contributed by atoms with Crippen LogP contribution >= 0.6 is 0 Å². The molecule has 2 aliphatic heterocycles. The number of methoxy groups -OCH3 is 1. The predicted molar refractivity (Wildman–Crippen MR) is 140 cm³/mol. The number of anilines is 1. The number of amides is 1. The van der Waals surface area contributed by atoms with Crippen LogP contribution in [0.3, 0.4) is 0 Å². The Morgan fingerprint density at radius 1 is 1.26 bits per heavy atom. The fraction of sp³-hybridized carbons (Fsp3) is 0.500. The fourth-order valence-electron chi connectivity index (χ4n) is 7.30. The van der Waals surface area contributed by atoms with Gasteiger partial charge in [-0.2, -0.15) is 18.4 Å². The van der Waals surface area contributed by atoms with Crippen molar-refractivity contribution < 1.29 is 22.7 Å². The molecule has 3 heterocycles. The summed E-state index contributed by atoms with van der Waals surface area (Å²) in [6.07, 6.45) is -0.719. The highest BCUT2D eigenvalue weighted by atomic mass is 19.4. The van der Waals surface area contributed by atoms with Crippen molar-refractivity contribution >= 4 is 11.7 Å². The van der Waals surface area contributed by atoms with Crippen LogP contribution in [-0.4, -0.2) is 49.1 Å². The van der Waals surface area contributed by atoms with Crippen LogP contribution in [0.1, 0.15) is 55.0 Å². The minimum absolute atomic E-state index is 0.0416. The van der Waals surface area contributed by atoms with Crippen LogP contribution in [0, 0.1) is 28.1 Å². The van der Waals surface area contributed by atoms with Crippen molar-refractivity contribution in [3.05, 3.63) is 53.2 Å². The van der Waals surface area contributed by atoms with Crippen LogP contribution in [0.2, 0.25) is 0 Å². The number of halogens is 3. The molecule has 0 radical (unpaired) electrons. The smallest absolute Gasteiger partial charge is 0.416 e. The van der Waals surface area contributed by atoms with Crippen LogP contribution in [0.15, 0.2) is 30.9 Å². The van der Waals surface area contributed by atoms with Crippen molar-refractivity contribution in [3.63, 3.8) is 0 Å². The lowest BCUT2D eigenvalue weighted by atomic mass is 9.48. The lowest BCUT2D eigenvalue weighted by molar-refractivity contribution is -0.138. The molecule has 9 heteroatoms. The number of benzene rings is 1. The van der Waals surface area contributed by atoms with Crippen molar-refractivity contribution in [2.75, 3.05) is 38.2 Å². The van der Waals surface area contributed by atoms with Gasteiger partial charge in [-0.05, 0) is 66.0 Å². The summed E-state index contributed by atoms with van der Waals surface area (Å²) in [5.74, 6) is 1.11. The molecular weight excluding hydrogens is 505 g/mol. The van der Waals surface area contributed by atoms with E-state index in [1.54, 1.807) is 11.0 Å². The SMILES string of the molecule is C=CC(=O)N1CC2(CCN(c3nc4c(c(-c5cc(OC)cc(C(F)(F)F)c5)c3C#N)C[C@H]3C[C@@H]4C3(C)C)C2)C1. The molecule has 5 aliphatic rings. The van der Waals surface area contributed by atoms with E-state index in [2.05, 4.69) is 31.4 Å². The first kappa shape index (κ1) is 25.7. The summed E-state index contributed by atoms with van der Waals surface area (Å²) < 4.78 is 46.9. The summed E-state index contributed by atoms with van der Waals surface area (Å²) in [7, 11) is 1.35. The number of aromatic nitrogens is 1. The number of hydrogen-bond acceptors (Lipinski definition) is 5. The second-order valence-electron chi connectivity index (χ2n) is 12.2. The maximum Gasteiger partial charge on any atom is 0.416 e. The molecule has 204 valence electrons. The Morgan fingerprint density at radius 3 is 2.62 bits per heavy atom. The van der Waals surface area contributed by atoms with E-state index < -0.39 is 11.7 Å². The van der Waals surface area contributed by atoms with Gasteiger partial charge in [-0.3, -0.25) is 4.79 Å². The fourth-order valence-corrected chi connectivity index (χ4v) is 7.30. The van der Waals surface area contributed by atoms with Crippen LogP contribution < -0.4 is 9.64 Å². The van der Waals surface area contributed by atoms with Crippen molar-refractivity contribution in [1.29, 1.82) is 5.26 Å². The molecule has 2 aromatic rings. The number of hydrogen-bond donors (Lipinski definition) is 0. The summed E-state index contributed by atoms with van der Waals surface area (Å²) in [6, 6.07) is 6.04. The minimum atomic E-state index is -4.56. The van der Waals surface area contributed by atoms with E-state index in [-0.39, 0.29) is 28.4 Å². The molecule has 0 unspecified atom stereocenters. The van der Waals surface area contributed by atoms with Gasteiger partial charge in [0.05, 0.1) is 18.4 Å². The van der Waals surface area contributed by atoms with E-state index in [1.165, 1.54) is 13.2 Å². The van der Waals surface area contributed by atoms with E-state index >= 15 is 0 Å². The van der Waals surface area contributed by atoms with Crippen molar-refractivity contribution in [1.82, 2.24) is 9.88 Å². The molecule has 2 saturated heterocycles. The molecule has 1 aromatic heterocycles. The van der Waals surface area contributed by atoms with Crippen LogP contribution in [0.25, 0.3) is 11.1 Å². The summed E-state index contributed by atoms with van der Waals surface area (Å²) in [5.41, 5.74) is 2.13. The topological polar surface area (TPSA) is 69.5 Å². The third kappa shape index (κ3) is 3.82. The van der Waals surface area contributed by atoms with E-state index in [1.807, 2.05) is 0 Å². The van der Waals surface area contributed by atoms with Gasteiger partial charge in [0, 0.05) is 43.1 Å². The predicted octanol–water partition coefficient (Wildman–Crippen LogP) is 5.56. The van der Waals surface area contributed by atoms with Gasteiger partial charge in [0.1, 0.15) is 23.2 Å². The second kappa shape index (κ2) is 8.48. The largest absolute Gasteiger partial charge is 0.497 e. The lowest BCUT2D eigenvalue weighted by Gasteiger charge is -2.57. The monoisotopic (exact) mass is 536 g/mol. The van der Waals surface area contributed by atoms with Gasteiger partial charge in [-0.1, -0.05) is 20.4 Å². The number of ether oxygens (including phenoxy) is 1. The van der Waals surface area contributed by atoms with Gasteiger partial charge in [0.15, 0.2) is 0 Å². The van der Waals surface area contributed by atoms with Gasteiger partial charge >= 0.3 is 6.18 Å². The Balaban J connectivity index is 1.49. The minimum Gasteiger partial charge on any atom is -0.497 e. The summed E-state index contributed by atoms with van der Waals surface area (Å²) >= 11 is 0. The molecular formula is C30H31F3N4O2. The number of nitrogens with zero attached hydrogens (tertiary/aromatic N) is 4. The Morgan fingerprint density at radius 2 is 2.00 bits per heavy atom. The van der Waals surface area contributed by atoms with Gasteiger partial charge in [0.25, 0.3) is 0 Å². The zero-order valence-corrected chi connectivity index (χ0v) is 22.4. The molecule has 6 nitrogen and oxygen atoms in total. The van der Waals surface area contributed by atoms with Gasteiger partial charge in [0.2, 0.25) is 5.91 Å². The maximum atomic E-state index is 13.9. The first-order valence-corrected chi connectivity index (χ1v) is 13.3. The first-order chi connectivity index (χ1) is 18.4. The Hall–Kier alpha value is -3.54. The number of carbonyl (C=O) groups is 1. The average molecular weight is 537 g/mol. The van der Waals surface area contributed by atoms with E-state index in [0.29, 0.717) is 61.0 Å². The van der Waals surface area contributed by atoms with Crippen LogP contribution in [0.4, 0.5) is 19.0 Å². The lowest BCUT2D eigenvalue weighted by Crippen LogP contribution is -2.59. The zero-order chi connectivity index (χ0) is 27.9. The average Bonchev–Trinajstić information content (AvgIpc) is 3.35. The third-order valence-corrected chi connectivity index (χ3v) is 9.71.